The fourth-order valence-corrected chi connectivity index (χ4v) is 3.09. The first-order valence-electron chi connectivity index (χ1n) is 8.67. The van der Waals surface area contributed by atoms with Crippen molar-refractivity contribution in [3.05, 3.63) is 29.8 Å². The molecule has 2 atom stereocenters. The number of nitrogens with zero attached hydrogens (tertiary/aromatic N) is 1. The monoisotopic (exact) mass is 349 g/mol. The van der Waals surface area contributed by atoms with Gasteiger partial charge in [-0.2, -0.15) is 0 Å². The summed E-state index contributed by atoms with van der Waals surface area (Å²) in [6, 6.07) is 6.67. The molecule has 1 aliphatic heterocycles. The first-order chi connectivity index (χ1) is 12.0. The molecule has 2 aliphatic rings. The van der Waals surface area contributed by atoms with E-state index in [0.29, 0.717) is 24.8 Å². The number of nitrogens with two attached hydrogens (primary N) is 1. The Kier molecular flexibility index (Phi) is 5.53. The summed E-state index contributed by atoms with van der Waals surface area (Å²) in [7, 11) is 0. The maximum Gasteiger partial charge on any atom is 0.257 e. The zero-order valence-electron chi connectivity index (χ0n) is 14.1. The third-order valence-electron chi connectivity index (χ3n) is 4.67. The summed E-state index contributed by atoms with van der Waals surface area (Å²) < 4.78 is 19.3. The van der Waals surface area contributed by atoms with Crippen molar-refractivity contribution in [3.63, 3.8) is 0 Å². The summed E-state index contributed by atoms with van der Waals surface area (Å²) in [5.74, 6) is 0.514. The Morgan fingerprint density at radius 3 is 2.80 bits per heavy atom. The molecule has 0 bridgehead atoms. The van der Waals surface area contributed by atoms with E-state index in [1.807, 2.05) is 18.2 Å². The van der Waals surface area contributed by atoms with E-state index in [9.17, 15) is 14.0 Å². The quantitative estimate of drug-likeness (QED) is 0.733. The molecule has 6 nitrogen and oxygen atoms in total. The van der Waals surface area contributed by atoms with Crippen LogP contribution in [0.2, 0.25) is 0 Å². The summed E-state index contributed by atoms with van der Waals surface area (Å²) in [6.07, 6.45) is 1.42. The van der Waals surface area contributed by atoms with Gasteiger partial charge in [0.2, 0.25) is 5.91 Å². The van der Waals surface area contributed by atoms with Gasteiger partial charge in [-0.25, -0.2) is 4.39 Å². The van der Waals surface area contributed by atoms with Gasteiger partial charge in [-0.3, -0.25) is 14.5 Å². The van der Waals surface area contributed by atoms with Crippen LogP contribution in [0.3, 0.4) is 0 Å². The van der Waals surface area contributed by atoms with Crippen LogP contribution >= 0.6 is 0 Å². The van der Waals surface area contributed by atoms with Crippen LogP contribution in [0.25, 0.3) is 0 Å². The second-order valence-corrected chi connectivity index (χ2v) is 6.82. The molecule has 1 aromatic rings. The Bertz CT molecular complexity index is 636. The van der Waals surface area contributed by atoms with Gasteiger partial charge in [0.15, 0.2) is 6.61 Å². The maximum absolute atomic E-state index is 13.7. The lowest BCUT2D eigenvalue weighted by molar-refractivity contribution is -0.123. The molecule has 1 saturated heterocycles. The van der Waals surface area contributed by atoms with E-state index in [1.54, 1.807) is 11.0 Å². The first-order valence-corrected chi connectivity index (χ1v) is 8.67. The highest BCUT2D eigenvalue weighted by Crippen LogP contribution is 2.28. The minimum atomic E-state index is -1.06. The van der Waals surface area contributed by atoms with E-state index in [-0.39, 0.29) is 25.5 Å². The molecular formula is C18H24FN3O3. The Labute approximate surface area is 146 Å². The van der Waals surface area contributed by atoms with Gasteiger partial charge in [0.25, 0.3) is 5.91 Å². The molecule has 2 amide bonds. The number of hydrogen-bond donors (Lipinski definition) is 2. The third-order valence-corrected chi connectivity index (χ3v) is 4.67. The van der Waals surface area contributed by atoms with E-state index < -0.39 is 18.1 Å². The van der Waals surface area contributed by atoms with Gasteiger partial charge in [-0.1, -0.05) is 18.2 Å². The van der Waals surface area contributed by atoms with Crippen molar-refractivity contribution in [2.45, 2.75) is 38.0 Å². The number of likely N-dealkylation sites (tertiary alicyclic amines) is 1. The smallest absolute Gasteiger partial charge is 0.257 e. The highest BCUT2D eigenvalue weighted by atomic mass is 19.1. The molecule has 1 heterocycles. The van der Waals surface area contributed by atoms with Gasteiger partial charge in [0.05, 0.1) is 6.04 Å². The summed E-state index contributed by atoms with van der Waals surface area (Å²) in [5.41, 5.74) is 6.18. The predicted octanol–water partition coefficient (Wildman–Crippen LogP) is 0.989. The van der Waals surface area contributed by atoms with Gasteiger partial charge < -0.3 is 15.8 Å². The fourth-order valence-electron chi connectivity index (χ4n) is 3.09. The number of carbonyl (C=O) groups is 2. The van der Waals surface area contributed by atoms with Crippen LogP contribution in [0.5, 0.6) is 5.75 Å². The van der Waals surface area contributed by atoms with E-state index in [2.05, 4.69) is 5.32 Å². The minimum absolute atomic E-state index is 0.0608. The second-order valence-electron chi connectivity index (χ2n) is 6.82. The number of rotatable bonds is 8. The number of nitrogens with one attached hydrogen (secondary N) is 1. The Balaban J connectivity index is 1.58. The van der Waals surface area contributed by atoms with Crippen molar-refractivity contribution < 1.29 is 18.7 Å². The standard InChI is InChI=1S/C18H24FN3O3/c19-14-7-15(18(20)24)22(10-14)9-13-3-1-2-4-16(13)25-11-17(23)21-8-12-5-6-12/h1-4,12,14-15H,5-11H2,(H2,20,24)(H,21,23)/t14-,15+/m1/s1. The Morgan fingerprint density at radius 2 is 2.08 bits per heavy atom. The molecule has 1 saturated carbocycles. The van der Waals surface area contributed by atoms with Crippen LogP contribution < -0.4 is 15.8 Å². The van der Waals surface area contributed by atoms with Gasteiger partial charge >= 0.3 is 0 Å². The topological polar surface area (TPSA) is 84.7 Å². The normalized spacial score (nSPS) is 23.4. The molecule has 25 heavy (non-hydrogen) atoms. The van der Waals surface area contributed by atoms with Crippen molar-refractivity contribution >= 4 is 11.8 Å². The number of amides is 2. The molecule has 0 aromatic heterocycles. The van der Waals surface area contributed by atoms with Crippen molar-refractivity contribution in [1.82, 2.24) is 10.2 Å². The fraction of sp³-hybridized carbons (Fsp3) is 0.556. The van der Waals surface area contributed by atoms with E-state index in [4.69, 9.17) is 10.5 Å². The van der Waals surface area contributed by atoms with Crippen molar-refractivity contribution in [2.24, 2.45) is 11.7 Å². The zero-order valence-corrected chi connectivity index (χ0v) is 14.1. The minimum Gasteiger partial charge on any atom is -0.483 e. The summed E-state index contributed by atoms with van der Waals surface area (Å²) in [6.45, 7) is 1.17. The van der Waals surface area contributed by atoms with Crippen molar-refractivity contribution in [2.75, 3.05) is 19.7 Å². The number of hydrogen-bond acceptors (Lipinski definition) is 4. The highest BCUT2D eigenvalue weighted by Gasteiger charge is 2.36. The van der Waals surface area contributed by atoms with Crippen molar-refractivity contribution in [3.8, 4) is 5.75 Å². The molecule has 136 valence electrons. The zero-order chi connectivity index (χ0) is 17.8. The van der Waals surface area contributed by atoms with Crippen LogP contribution in [0, 0.1) is 5.92 Å². The number of benzene rings is 1. The number of ether oxygens (including phenoxy) is 1. The molecule has 3 rings (SSSR count). The maximum atomic E-state index is 13.7. The molecule has 0 radical (unpaired) electrons. The Morgan fingerprint density at radius 1 is 1.32 bits per heavy atom. The second kappa shape index (κ2) is 7.82. The summed E-state index contributed by atoms with van der Waals surface area (Å²) in [5, 5.41) is 2.85. The molecule has 1 aliphatic carbocycles. The predicted molar refractivity (Wildman–Crippen MR) is 90.6 cm³/mol. The van der Waals surface area contributed by atoms with E-state index in [0.717, 1.165) is 5.56 Å². The first kappa shape index (κ1) is 17.7. The average Bonchev–Trinajstić information content (AvgIpc) is 3.34. The number of halogens is 1. The van der Waals surface area contributed by atoms with Crippen molar-refractivity contribution in [1.29, 1.82) is 0 Å². The van der Waals surface area contributed by atoms with Crippen LogP contribution in [0.1, 0.15) is 24.8 Å². The number of carbonyl (C=O) groups excluding carboxylic acids is 2. The van der Waals surface area contributed by atoms with Gasteiger partial charge in [0.1, 0.15) is 11.9 Å². The third kappa shape index (κ3) is 4.92. The molecular weight excluding hydrogens is 325 g/mol. The highest BCUT2D eigenvalue weighted by molar-refractivity contribution is 5.80. The molecule has 0 unspecified atom stereocenters. The molecule has 0 spiro atoms. The summed E-state index contributed by atoms with van der Waals surface area (Å²) >= 11 is 0. The Hall–Kier alpha value is -2.15. The number of alkyl halides is 1. The molecule has 7 heteroatoms. The van der Waals surface area contributed by atoms with Gasteiger partial charge in [0, 0.05) is 31.6 Å². The van der Waals surface area contributed by atoms with Gasteiger partial charge in [-0.15, -0.1) is 0 Å². The molecule has 3 N–H and O–H groups in total. The van der Waals surface area contributed by atoms with Crippen LogP contribution in [-0.2, 0) is 16.1 Å². The van der Waals surface area contributed by atoms with E-state index in [1.165, 1.54) is 12.8 Å². The number of para-hydroxylation sites is 1. The molecule has 2 fully saturated rings. The SMILES string of the molecule is NC(=O)[C@@H]1C[C@@H](F)CN1Cc1ccccc1OCC(=O)NCC1CC1. The van der Waals surface area contributed by atoms with Crippen LogP contribution in [0.4, 0.5) is 4.39 Å². The molecule has 1 aromatic carbocycles. The number of primary amides is 1. The lowest BCUT2D eigenvalue weighted by atomic mass is 10.1. The largest absolute Gasteiger partial charge is 0.483 e. The lowest BCUT2D eigenvalue weighted by Crippen LogP contribution is -2.39. The summed E-state index contributed by atoms with van der Waals surface area (Å²) in [4.78, 5) is 25.1. The van der Waals surface area contributed by atoms with Crippen LogP contribution in [0.15, 0.2) is 24.3 Å². The lowest BCUT2D eigenvalue weighted by Gasteiger charge is -2.22. The van der Waals surface area contributed by atoms with E-state index >= 15 is 0 Å². The van der Waals surface area contributed by atoms with Gasteiger partial charge in [-0.05, 0) is 24.8 Å². The average molecular weight is 349 g/mol. The van der Waals surface area contributed by atoms with Crippen LogP contribution in [-0.4, -0.2) is 48.6 Å².